The van der Waals surface area contributed by atoms with E-state index in [-0.39, 0.29) is 11.8 Å². The number of benzene rings is 1. The SMILES string of the molecule is CCN1CC(C(=O)NCCC2CCCCC2)c2c(Cl)cccc21. The fourth-order valence-electron chi connectivity index (χ4n) is 4.07. The zero-order chi connectivity index (χ0) is 16.2. The van der Waals surface area contributed by atoms with Crippen molar-refractivity contribution in [3.05, 3.63) is 28.8 Å². The number of halogens is 1. The first-order valence-corrected chi connectivity index (χ1v) is 9.39. The Labute approximate surface area is 144 Å². The lowest BCUT2D eigenvalue weighted by Gasteiger charge is -2.22. The van der Waals surface area contributed by atoms with Gasteiger partial charge in [-0.3, -0.25) is 4.79 Å². The van der Waals surface area contributed by atoms with Crippen LogP contribution in [0.4, 0.5) is 5.69 Å². The molecular formula is C19H27ClN2O. The number of fused-ring (bicyclic) bond motifs is 1. The van der Waals surface area contributed by atoms with Gasteiger partial charge in [-0.25, -0.2) is 0 Å². The number of amides is 1. The van der Waals surface area contributed by atoms with Crippen LogP contribution in [0.5, 0.6) is 0 Å². The Hall–Kier alpha value is -1.22. The third kappa shape index (κ3) is 3.65. The summed E-state index contributed by atoms with van der Waals surface area (Å²) in [5.74, 6) is 0.798. The van der Waals surface area contributed by atoms with Crippen LogP contribution < -0.4 is 10.2 Å². The zero-order valence-corrected chi connectivity index (χ0v) is 14.7. The van der Waals surface area contributed by atoms with Gasteiger partial charge in [-0.1, -0.05) is 49.8 Å². The summed E-state index contributed by atoms with van der Waals surface area (Å²) in [5.41, 5.74) is 2.12. The summed E-state index contributed by atoms with van der Waals surface area (Å²) < 4.78 is 0. The Morgan fingerprint density at radius 3 is 2.83 bits per heavy atom. The molecule has 1 aromatic rings. The van der Waals surface area contributed by atoms with Gasteiger partial charge in [0.2, 0.25) is 5.91 Å². The monoisotopic (exact) mass is 334 g/mol. The maximum Gasteiger partial charge on any atom is 0.229 e. The fraction of sp³-hybridized carbons (Fsp3) is 0.632. The molecule has 0 spiro atoms. The van der Waals surface area contributed by atoms with Gasteiger partial charge >= 0.3 is 0 Å². The van der Waals surface area contributed by atoms with Crippen LogP contribution in [-0.2, 0) is 4.79 Å². The maximum atomic E-state index is 12.7. The van der Waals surface area contributed by atoms with Crippen LogP contribution in [-0.4, -0.2) is 25.5 Å². The highest BCUT2D eigenvalue weighted by atomic mass is 35.5. The molecule has 1 saturated carbocycles. The van der Waals surface area contributed by atoms with Crippen LogP contribution in [0.3, 0.4) is 0 Å². The number of hydrogen-bond donors (Lipinski definition) is 1. The first-order chi connectivity index (χ1) is 11.2. The molecule has 1 atom stereocenters. The average molecular weight is 335 g/mol. The summed E-state index contributed by atoms with van der Waals surface area (Å²) in [5, 5.41) is 3.87. The smallest absolute Gasteiger partial charge is 0.229 e. The summed E-state index contributed by atoms with van der Waals surface area (Å²) in [6.45, 7) is 4.56. The minimum Gasteiger partial charge on any atom is -0.370 e. The molecule has 0 bridgehead atoms. The van der Waals surface area contributed by atoms with Crippen LogP contribution in [0.1, 0.15) is 56.9 Å². The lowest BCUT2D eigenvalue weighted by Crippen LogP contribution is -2.34. The number of nitrogens with zero attached hydrogens (tertiary/aromatic N) is 1. The van der Waals surface area contributed by atoms with Crippen molar-refractivity contribution < 1.29 is 4.79 Å². The van der Waals surface area contributed by atoms with Crippen molar-refractivity contribution >= 4 is 23.2 Å². The van der Waals surface area contributed by atoms with Crippen molar-refractivity contribution in [1.82, 2.24) is 5.32 Å². The normalized spacial score (nSPS) is 21.3. The number of carbonyl (C=O) groups excluding carboxylic acids is 1. The molecule has 1 aliphatic carbocycles. The Bertz CT molecular complexity index is 554. The van der Waals surface area contributed by atoms with Gasteiger partial charge in [-0.05, 0) is 31.4 Å². The molecule has 0 aromatic heterocycles. The van der Waals surface area contributed by atoms with Gasteiger partial charge in [-0.2, -0.15) is 0 Å². The molecule has 1 aliphatic heterocycles. The van der Waals surface area contributed by atoms with E-state index in [0.717, 1.165) is 43.2 Å². The number of likely N-dealkylation sites (N-methyl/N-ethyl adjacent to an activating group) is 1. The molecule has 0 radical (unpaired) electrons. The first kappa shape index (κ1) is 16.6. The Morgan fingerprint density at radius 2 is 2.09 bits per heavy atom. The topological polar surface area (TPSA) is 32.3 Å². The molecule has 1 N–H and O–H groups in total. The second kappa shape index (κ2) is 7.57. The van der Waals surface area contributed by atoms with Crippen molar-refractivity contribution in [1.29, 1.82) is 0 Å². The van der Waals surface area contributed by atoms with Crippen LogP contribution in [0.15, 0.2) is 18.2 Å². The van der Waals surface area contributed by atoms with Gasteiger partial charge in [-0.15, -0.1) is 0 Å². The summed E-state index contributed by atoms with van der Waals surface area (Å²) in [6.07, 6.45) is 7.87. The lowest BCUT2D eigenvalue weighted by atomic mass is 9.87. The predicted molar refractivity (Wildman–Crippen MR) is 96.3 cm³/mol. The second-order valence-electron chi connectivity index (χ2n) is 6.85. The van der Waals surface area contributed by atoms with Gasteiger partial charge in [0.15, 0.2) is 0 Å². The van der Waals surface area contributed by atoms with Gasteiger partial charge in [0, 0.05) is 35.9 Å². The number of carbonyl (C=O) groups is 1. The number of hydrogen-bond acceptors (Lipinski definition) is 2. The third-order valence-corrected chi connectivity index (χ3v) is 5.73. The van der Waals surface area contributed by atoms with Crippen molar-refractivity contribution in [2.24, 2.45) is 5.92 Å². The summed E-state index contributed by atoms with van der Waals surface area (Å²) in [4.78, 5) is 14.9. The molecule has 1 fully saturated rings. The molecule has 1 unspecified atom stereocenters. The molecule has 1 amide bonds. The molecule has 0 saturated heterocycles. The van der Waals surface area contributed by atoms with E-state index in [1.807, 2.05) is 12.1 Å². The molecule has 1 aromatic carbocycles. The van der Waals surface area contributed by atoms with Crippen molar-refractivity contribution in [2.75, 3.05) is 24.5 Å². The summed E-state index contributed by atoms with van der Waals surface area (Å²) in [6, 6.07) is 5.93. The summed E-state index contributed by atoms with van der Waals surface area (Å²) >= 11 is 6.38. The van der Waals surface area contributed by atoms with E-state index < -0.39 is 0 Å². The molecule has 23 heavy (non-hydrogen) atoms. The highest BCUT2D eigenvalue weighted by Gasteiger charge is 2.34. The van der Waals surface area contributed by atoms with E-state index in [2.05, 4.69) is 23.2 Å². The van der Waals surface area contributed by atoms with Gasteiger partial charge in [0.05, 0.1) is 5.92 Å². The third-order valence-electron chi connectivity index (χ3n) is 5.40. The van der Waals surface area contributed by atoms with Gasteiger partial charge in [0.25, 0.3) is 0 Å². The summed E-state index contributed by atoms with van der Waals surface area (Å²) in [7, 11) is 0. The van der Waals surface area contributed by atoms with Gasteiger partial charge < -0.3 is 10.2 Å². The van der Waals surface area contributed by atoms with E-state index in [1.165, 1.54) is 32.1 Å². The van der Waals surface area contributed by atoms with E-state index in [4.69, 9.17) is 11.6 Å². The van der Waals surface area contributed by atoms with Crippen molar-refractivity contribution in [2.45, 2.75) is 51.4 Å². The van der Waals surface area contributed by atoms with Crippen molar-refractivity contribution in [3.8, 4) is 0 Å². The maximum absolute atomic E-state index is 12.7. The number of rotatable bonds is 5. The minimum absolute atomic E-state index is 0.131. The fourth-order valence-corrected chi connectivity index (χ4v) is 4.37. The minimum atomic E-state index is -0.134. The molecular weight excluding hydrogens is 308 g/mol. The molecule has 3 nitrogen and oxygen atoms in total. The standard InChI is InChI=1S/C19H27ClN2O/c1-2-22-13-15(18-16(20)9-6-10-17(18)22)19(23)21-12-11-14-7-4-3-5-8-14/h6,9-10,14-15H,2-5,7-8,11-13H2,1H3,(H,21,23). The van der Waals surface area contributed by atoms with Crippen LogP contribution in [0.2, 0.25) is 5.02 Å². The Kier molecular flexibility index (Phi) is 5.47. The molecule has 4 heteroatoms. The van der Waals surface area contributed by atoms with Gasteiger partial charge in [0.1, 0.15) is 0 Å². The van der Waals surface area contributed by atoms with E-state index in [1.54, 1.807) is 0 Å². The van der Waals surface area contributed by atoms with Crippen LogP contribution >= 0.6 is 11.6 Å². The molecule has 3 rings (SSSR count). The van der Waals surface area contributed by atoms with Crippen LogP contribution in [0.25, 0.3) is 0 Å². The van der Waals surface area contributed by atoms with Crippen LogP contribution in [0, 0.1) is 5.92 Å². The molecule has 1 heterocycles. The molecule has 126 valence electrons. The number of nitrogens with one attached hydrogen (secondary N) is 1. The first-order valence-electron chi connectivity index (χ1n) is 9.01. The Morgan fingerprint density at radius 1 is 1.30 bits per heavy atom. The van der Waals surface area contributed by atoms with E-state index in [9.17, 15) is 4.79 Å². The number of anilines is 1. The predicted octanol–water partition coefficient (Wildman–Crippen LogP) is 4.35. The van der Waals surface area contributed by atoms with E-state index in [0.29, 0.717) is 5.02 Å². The molecule has 2 aliphatic rings. The highest BCUT2D eigenvalue weighted by molar-refractivity contribution is 6.32. The Balaban J connectivity index is 1.60. The quantitative estimate of drug-likeness (QED) is 0.868. The average Bonchev–Trinajstić information content (AvgIpc) is 2.96. The largest absolute Gasteiger partial charge is 0.370 e. The second-order valence-corrected chi connectivity index (χ2v) is 7.25. The lowest BCUT2D eigenvalue weighted by molar-refractivity contribution is -0.122. The van der Waals surface area contributed by atoms with Crippen molar-refractivity contribution in [3.63, 3.8) is 0 Å². The zero-order valence-electron chi connectivity index (χ0n) is 14.0. The highest BCUT2D eigenvalue weighted by Crippen LogP contribution is 2.40. The van der Waals surface area contributed by atoms with E-state index >= 15 is 0 Å².